The highest BCUT2D eigenvalue weighted by atomic mass is 35.5. The summed E-state index contributed by atoms with van der Waals surface area (Å²) < 4.78 is 69.4. The fourth-order valence-electron chi connectivity index (χ4n) is 5.21. The zero-order valence-electron chi connectivity index (χ0n) is 22.3. The molecule has 0 radical (unpaired) electrons. The van der Waals surface area contributed by atoms with Gasteiger partial charge in [-0.25, -0.2) is 13.4 Å². The number of hydrogen-bond acceptors (Lipinski definition) is 4. The molecule has 11 heteroatoms. The van der Waals surface area contributed by atoms with Crippen LogP contribution in [0.25, 0.3) is 28.0 Å². The van der Waals surface area contributed by atoms with Gasteiger partial charge in [0.05, 0.1) is 21.8 Å². The summed E-state index contributed by atoms with van der Waals surface area (Å²) >= 11 is 6.14. The summed E-state index contributed by atoms with van der Waals surface area (Å²) in [4.78, 5) is 6.71. The first-order chi connectivity index (χ1) is 20.1. The normalized spacial score (nSPS) is 15.3. The Morgan fingerprint density at radius 1 is 0.786 bits per heavy atom. The van der Waals surface area contributed by atoms with Crippen molar-refractivity contribution in [2.24, 2.45) is 0 Å². The number of pyridine rings is 1. The molecule has 6 nitrogen and oxygen atoms in total. The highest BCUT2D eigenvalue weighted by Crippen LogP contribution is 2.32. The number of aromatic nitrogens is 2. The summed E-state index contributed by atoms with van der Waals surface area (Å²) in [6, 6.07) is 25.4. The maximum absolute atomic E-state index is 13.2. The number of halogens is 4. The van der Waals surface area contributed by atoms with Gasteiger partial charge < -0.3 is 4.40 Å². The van der Waals surface area contributed by atoms with Crippen LogP contribution >= 0.6 is 11.6 Å². The third-order valence-corrected chi connectivity index (χ3v) is 9.59. The van der Waals surface area contributed by atoms with Crippen molar-refractivity contribution >= 4 is 27.3 Å². The summed E-state index contributed by atoms with van der Waals surface area (Å²) in [6.07, 6.45) is -2.57. The molecular formula is C31H26ClF3N4O2S. The molecule has 0 N–H and O–H groups in total. The van der Waals surface area contributed by atoms with Crippen molar-refractivity contribution in [3.63, 3.8) is 0 Å². The third-order valence-electron chi connectivity index (χ3n) is 7.45. The summed E-state index contributed by atoms with van der Waals surface area (Å²) in [7, 11) is -4.08. The van der Waals surface area contributed by atoms with E-state index in [0.717, 1.165) is 45.9 Å². The van der Waals surface area contributed by atoms with E-state index in [-0.39, 0.29) is 18.0 Å². The SMILES string of the molecule is O=S(=O)(c1cccc(C(F)(F)F)c1)N1CCN(Cc2c(-c3ccc(Cl)cc3)nc3ccc(-c4ccccc4)cn23)CC1. The summed E-state index contributed by atoms with van der Waals surface area (Å²) in [5, 5.41) is 0.619. The number of rotatable bonds is 6. The first kappa shape index (κ1) is 28.4. The second-order valence-corrected chi connectivity index (χ2v) is 12.5. The van der Waals surface area contributed by atoms with E-state index in [2.05, 4.69) is 15.5 Å². The van der Waals surface area contributed by atoms with E-state index in [9.17, 15) is 21.6 Å². The quantitative estimate of drug-likeness (QED) is 0.211. The van der Waals surface area contributed by atoms with Crippen LogP contribution < -0.4 is 0 Å². The molecule has 1 aliphatic heterocycles. The van der Waals surface area contributed by atoms with Gasteiger partial charge in [0, 0.05) is 49.5 Å². The van der Waals surface area contributed by atoms with E-state index in [4.69, 9.17) is 16.6 Å². The Hall–Kier alpha value is -3.70. The van der Waals surface area contributed by atoms with Crippen molar-refractivity contribution in [3.8, 4) is 22.4 Å². The molecule has 216 valence electrons. The van der Waals surface area contributed by atoms with Crippen LogP contribution in [0.1, 0.15) is 11.3 Å². The van der Waals surface area contributed by atoms with Crippen molar-refractivity contribution in [1.29, 1.82) is 0 Å². The lowest BCUT2D eigenvalue weighted by molar-refractivity contribution is -0.137. The summed E-state index contributed by atoms with van der Waals surface area (Å²) in [5.74, 6) is 0. The Balaban J connectivity index is 1.28. The monoisotopic (exact) mass is 610 g/mol. The molecule has 2 aromatic heterocycles. The number of hydrogen-bond donors (Lipinski definition) is 0. The van der Waals surface area contributed by atoms with Gasteiger partial charge >= 0.3 is 6.18 Å². The smallest absolute Gasteiger partial charge is 0.301 e. The largest absolute Gasteiger partial charge is 0.416 e. The van der Waals surface area contributed by atoms with Crippen molar-refractivity contribution in [3.05, 3.63) is 113 Å². The van der Waals surface area contributed by atoms with Crippen LogP contribution in [0.2, 0.25) is 5.02 Å². The fourth-order valence-corrected chi connectivity index (χ4v) is 6.80. The molecule has 1 saturated heterocycles. The van der Waals surface area contributed by atoms with Gasteiger partial charge in [0.25, 0.3) is 0 Å². The number of benzene rings is 3. The Bertz CT molecular complexity index is 1830. The molecule has 6 rings (SSSR count). The third kappa shape index (κ3) is 5.67. The van der Waals surface area contributed by atoms with E-state index >= 15 is 0 Å². The average molecular weight is 611 g/mol. The average Bonchev–Trinajstić information content (AvgIpc) is 3.35. The lowest BCUT2D eigenvalue weighted by atomic mass is 10.1. The Morgan fingerprint density at radius 3 is 2.17 bits per heavy atom. The number of fused-ring (bicyclic) bond motifs is 1. The Kier molecular flexibility index (Phi) is 7.57. The minimum Gasteiger partial charge on any atom is -0.301 e. The molecule has 0 atom stereocenters. The molecule has 5 aromatic rings. The maximum atomic E-state index is 13.2. The maximum Gasteiger partial charge on any atom is 0.416 e. The van der Waals surface area contributed by atoms with Crippen molar-refractivity contribution in [2.45, 2.75) is 17.6 Å². The highest BCUT2D eigenvalue weighted by molar-refractivity contribution is 7.89. The van der Waals surface area contributed by atoms with E-state index in [1.165, 1.54) is 10.4 Å². The molecule has 1 fully saturated rings. The summed E-state index contributed by atoms with van der Waals surface area (Å²) in [6.45, 7) is 1.62. The lowest BCUT2D eigenvalue weighted by Gasteiger charge is -2.34. The molecule has 0 amide bonds. The van der Waals surface area contributed by atoms with Gasteiger partial charge in [0.2, 0.25) is 10.0 Å². The van der Waals surface area contributed by atoms with Crippen molar-refractivity contribution < 1.29 is 21.6 Å². The molecule has 3 heterocycles. The first-order valence-corrected chi connectivity index (χ1v) is 15.1. The van der Waals surface area contributed by atoms with Gasteiger partial charge in [-0.05, 0) is 53.6 Å². The molecule has 0 saturated carbocycles. The zero-order valence-corrected chi connectivity index (χ0v) is 23.9. The van der Waals surface area contributed by atoms with Crippen LogP contribution in [-0.4, -0.2) is 53.2 Å². The topological polar surface area (TPSA) is 57.9 Å². The Labute approximate surface area is 246 Å². The lowest BCUT2D eigenvalue weighted by Crippen LogP contribution is -2.48. The first-order valence-electron chi connectivity index (χ1n) is 13.3. The molecule has 0 bridgehead atoms. The minimum atomic E-state index is -4.62. The second kappa shape index (κ2) is 11.2. The van der Waals surface area contributed by atoms with Crippen LogP contribution in [0.15, 0.2) is 102 Å². The summed E-state index contributed by atoms with van der Waals surface area (Å²) in [5.41, 5.74) is 4.54. The van der Waals surface area contributed by atoms with Crippen LogP contribution in [0, 0.1) is 0 Å². The number of sulfonamides is 1. The molecular weight excluding hydrogens is 585 g/mol. The highest BCUT2D eigenvalue weighted by Gasteiger charge is 2.34. The number of piperazine rings is 1. The van der Waals surface area contributed by atoms with Crippen LogP contribution in [0.5, 0.6) is 0 Å². The molecule has 42 heavy (non-hydrogen) atoms. The second-order valence-electron chi connectivity index (χ2n) is 10.1. The van der Waals surface area contributed by atoms with Gasteiger partial charge in [0.1, 0.15) is 5.65 Å². The van der Waals surface area contributed by atoms with E-state index < -0.39 is 21.8 Å². The van der Waals surface area contributed by atoms with Crippen LogP contribution in [0.4, 0.5) is 13.2 Å². The number of alkyl halides is 3. The molecule has 3 aromatic carbocycles. The Morgan fingerprint density at radius 2 is 1.48 bits per heavy atom. The molecule has 0 aliphatic carbocycles. The van der Waals surface area contributed by atoms with Gasteiger partial charge in [-0.2, -0.15) is 17.5 Å². The van der Waals surface area contributed by atoms with Crippen LogP contribution in [0.3, 0.4) is 0 Å². The van der Waals surface area contributed by atoms with Gasteiger partial charge in [-0.1, -0.05) is 60.1 Å². The van der Waals surface area contributed by atoms with Gasteiger partial charge in [-0.3, -0.25) is 4.90 Å². The number of nitrogens with zero attached hydrogens (tertiary/aromatic N) is 4. The molecule has 1 aliphatic rings. The van der Waals surface area contributed by atoms with Crippen molar-refractivity contribution in [2.75, 3.05) is 26.2 Å². The van der Waals surface area contributed by atoms with E-state index in [1.807, 2.05) is 66.7 Å². The predicted octanol–water partition coefficient (Wildman–Crippen LogP) is 6.85. The molecule has 0 unspecified atom stereocenters. The predicted molar refractivity (Wildman–Crippen MR) is 157 cm³/mol. The standard InChI is InChI=1S/C31H26ClF3N4O2S/c32-26-12-9-23(10-13-26)30-28(39-20-24(11-14-29(39)36-30)22-5-2-1-3-6-22)21-37-15-17-38(18-16-37)42(40,41)27-8-4-7-25(19-27)31(33,34)35/h1-14,19-20H,15-18,21H2. The number of imidazole rings is 1. The molecule has 0 spiro atoms. The van der Waals surface area contributed by atoms with E-state index in [1.54, 1.807) is 0 Å². The van der Waals surface area contributed by atoms with Gasteiger partial charge in [-0.15, -0.1) is 0 Å². The zero-order chi connectivity index (χ0) is 29.5. The fraction of sp³-hybridized carbons (Fsp3) is 0.194. The van der Waals surface area contributed by atoms with E-state index in [0.29, 0.717) is 30.7 Å². The van der Waals surface area contributed by atoms with Crippen LogP contribution in [-0.2, 0) is 22.7 Å². The minimum absolute atomic E-state index is 0.154. The van der Waals surface area contributed by atoms with Gasteiger partial charge in [0.15, 0.2) is 0 Å². The van der Waals surface area contributed by atoms with Crippen molar-refractivity contribution in [1.82, 2.24) is 18.6 Å².